The summed E-state index contributed by atoms with van der Waals surface area (Å²) < 4.78 is 5.65. The fourth-order valence-electron chi connectivity index (χ4n) is 2.96. The van der Waals surface area contributed by atoms with Crippen LogP contribution < -0.4 is 20.3 Å². The summed E-state index contributed by atoms with van der Waals surface area (Å²) >= 11 is 0. The van der Waals surface area contributed by atoms with E-state index >= 15 is 0 Å². The Kier molecular flexibility index (Phi) is 5.93. The van der Waals surface area contributed by atoms with Crippen LogP contribution >= 0.6 is 0 Å². The topological polar surface area (TPSA) is 87.7 Å². The SMILES string of the molecule is CCCC(=O)Nc1ccc2c(c1)N(CC(=O)Nc1ccccc1)C(=O)C(C)O2. The van der Waals surface area contributed by atoms with Gasteiger partial charge in [0.1, 0.15) is 12.3 Å². The lowest BCUT2D eigenvalue weighted by molar-refractivity contribution is -0.127. The third-order valence-corrected chi connectivity index (χ3v) is 4.29. The number of anilines is 3. The molecule has 0 bridgehead atoms. The van der Waals surface area contributed by atoms with Crippen LogP contribution in [0.5, 0.6) is 5.75 Å². The lowest BCUT2D eigenvalue weighted by atomic mass is 10.1. The minimum atomic E-state index is -0.697. The Balaban J connectivity index is 1.81. The summed E-state index contributed by atoms with van der Waals surface area (Å²) in [5.41, 5.74) is 1.67. The summed E-state index contributed by atoms with van der Waals surface area (Å²) in [6.45, 7) is 3.42. The molecule has 0 aliphatic carbocycles. The number of hydrogen-bond donors (Lipinski definition) is 2. The zero-order valence-corrected chi connectivity index (χ0v) is 15.9. The standard InChI is InChI=1S/C21H23N3O4/c1-3-7-19(25)23-16-10-11-18-17(12-16)24(21(27)14(2)28-18)13-20(26)22-15-8-5-4-6-9-15/h4-6,8-12,14H,3,7,13H2,1-2H3,(H,22,26)(H,23,25). The first-order valence-corrected chi connectivity index (χ1v) is 9.24. The minimum Gasteiger partial charge on any atom is -0.479 e. The van der Waals surface area contributed by atoms with E-state index in [2.05, 4.69) is 10.6 Å². The van der Waals surface area contributed by atoms with Crippen molar-refractivity contribution in [2.75, 3.05) is 22.1 Å². The van der Waals surface area contributed by atoms with Crippen molar-refractivity contribution in [3.05, 3.63) is 48.5 Å². The van der Waals surface area contributed by atoms with Crippen LogP contribution in [0.1, 0.15) is 26.7 Å². The number of amides is 3. The number of nitrogens with one attached hydrogen (secondary N) is 2. The molecule has 0 aromatic heterocycles. The molecule has 2 aromatic carbocycles. The Bertz CT molecular complexity index is 882. The number of para-hydroxylation sites is 1. The molecule has 0 radical (unpaired) electrons. The van der Waals surface area contributed by atoms with Crippen molar-refractivity contribution in [1.82, 2.24) is 0 Å². The zero-order valence-electron chi connectivity index (χ0n) is 15.9. The molecular formula is C21H23N3O4. The molecule has 146 valence electrons. The molecule has 7 heteroatoms. The van der Waals surface area contributed by atoms with Crippen LogP contribution in [0.3, 0.4) is 0 Å². The summed E-state index contributed by atoms with van der Waals surface area (Å²) in [4.78, 5) is 38.4. The van der Waals surface area contributed by atoms with Gasteiger partial charge in [-0.3, -0.25) is 19.3 Å². The van der Waals surface area contributed by atoms with E-state index in [-0.39, 0.29) is 24.3 Å². The van der Waals surface area contributed by atoms with Gasteiger partial charge in [-0.15, -0.1) is 0 Å². The van der Waals surface area contributed by atoms with Crippen molar-refractivity contribution >= 4 is 34.8 Å². The highest BCUT2D eigenvalue weighted by atomic mass is 16.5. The molecule has 1 heterocycles. The highest BCUT2D eigenvalue weighted by Gasteiger charge is 2.33. The fourth-order valence-corrected chi connectivity index (χ4v) is 2.96. The summed E-state index contributed by atoms with van der Waals surface area (Å²) in [6.07, 6.45) is 0.451. The second kappa shape index (κ2) is 8.56. The van der Waals surface area contributed by atoms with Gasteiger partial charge in [-0.05, 0) is 43.7 Å². The van der Waals surface area contributed by atoms with Crippen molar-refractivity contribution in [3.8, 4) is 5.75 Å². The van der Waals surface area contributed by atoms with Crippen LogP contribution in [-0.2, 0) is 14.4 Å². The lowest BCUT2D eigenvalue weighted by Gasteiger charge is -2.33. The summed E-state index contributed by atoms with van der Waals surface area (Å²) in [7, 11) is 0. The lowest BCUT2D eigenvalue weighted by Crippen LogP contribution is -2.47. The molecular weight excluding hydrogens is 358 g/mol. The Labute approximate surface area is 163 Å². The number of rotatable bonds is 6. The Morgan fingerprint density at radius 2 is 1.75 bits per heavy atom. The third-order valence-electron chi connectivity index (χ3n) is 4.29. The molecule has 28 heavy (non-hydrogen) atoms. The maximum atomic E-state index is 12.6. The van der Waals surface area contributed by atoms with Gasteiger partial charge in [-0.25, -0.2) is 0 Å². The van der Waals surface area contributed by atoms with Crippen molar-refractivity contribution in [2.24, 2.45) is 0 Å². The molecule has 0 fully saturated rings. The van der Waals surface area contributed by atoms with Crippen molar-refractivity contribution in [2.45, 2.75) is 32.8 Å². The van der Waals surface area contributed by atoms with E-state index in [9.17, 15) is 14.4 Å². The molecule has 1 atom stereocenters. The minimum absolute atomic E-state index is 0.104. The quantitative estimate of drug-likeness (QED) is 0.804. The van der Waals surface area contributed by atoms with Gasteiger partial charge in [0.05, 0.1) is 5.69 Å². The number of ether oxygens (including phenoxy) is 1. The molecule has 7 nitrogen and oxygen atoms in total. The molecule has 1 aliphatic rings. The van der Waals surface area contributed by atoms with Crippen LogP contribution in [-0.4, -0.2) is 30.4 Å². The monoisotopic (exact) mass is 381 g/mol. The second-order valence-electron chi connectivity index (χ2n) is 6.58. The number of carbonyl (C=O) groups is 3. The van der Waals surface area contributed by atoms with E-state index < -0.39 is 6.10 Å². The number of hydrogen-bond acceptors (Lipinski definition) is 4. The maximum Gasteiger partial charge on any atom is 0.268 e. The Morgan fingerprint density at radius 1 is 1.04 bits per heavy atom. The van der Waals surface area contributed by atoms with Crippen LogP contribution in [0, 0.1) is 0 Å². The molecule has 0 saturated heterocycles. The molecule has 3 amide bonds. The van der Waals surface area contributed by atoms with Crippen molar-refractivity contribution < 1.29 is 19.1 Å². The average Bonchev–Trinajstić information content (AvgIpc) is 2.67. The molecule has 0 spiro atoms. The molecule has 2 aromatic rings. The highest BCUT2D eigenvalue weighted by Crippen LogP contribution is 2.36. The van der Waals surface area contributed by atoms with E-state index in [1.54, 1.807) is 37.3 Å². The predicted octanol–water partition coefficient (Wildman–Crippen LogP) is 3.18. The molecule has 1 aliphatic heterocycles. The van der Waals surface area contributed by atoms with Gasteiger partial charge in [0.2, 0.25) is 11.8 Å². The predicted molar refractivity (Wildman–Crippen MR) is 107 cm³/mol. The molecule has 1 unspecified atom stereocenters. The van der Waals surface area contributed by atoms with E-state index in [1.165, 1.54) is 4.90 Å². The van der Waals surface area contributed by atoms with Gasteiger partial charge in [-0.2, -0.15) is 0 Å². The van der Waals surface area contributed by atoms with Crippen LogP contribution in [0.2, 0.25) is 0 Å². The van der Waals surface area contributed by atoms with E-state index in [1.807, 2.05) is 25.1 Å². The van der Waals surface area contributed by atoms with Gasteiger partial charge in [0.15, 0.2) is 6.10 Å². The number of carbonyl (C=O) groups excluding carboxylic acids is 3. The van der Waals surface area contributed by atoms with Crippen LogP contribution in [0.4, 0.5) is 17.1 Å². The van der Waals surface area contributed by atoms with E-state index in [4.69, 9.17) is 4.74 Å². The first kappa shape index (κ1) is 19.4. The van der Waals surface area contributed by atoms with Gasteiger partial charge >= 0.3 is 0 Å². The van der Waals surface area contributed by atoms with Crippen LogP contribution in [0.15, 0.2) is 48.5 Å². The Morgan fingerprint density at radius 3 is 2.46 bits per heavy atom. The average molecular weight is 381 g/mol. The third kappa shape index (κ3) is 4.49. The van der Waals surface area contributed by atoms with Gasteiger partial charge in [-0.1, -0.05) is 25.1 Å². The van der Waals surface area contributed by atoms with Crippen molar-refractivity contribution in [3.63, 3.8) is 0 Å². The molecule has 0 saturated carbocycles. The fraction of sp³-hybridized carbons (Fsp3) is 0.286. The smallest absolute Gasteiger partial charge is 0.268 e. The van der Waals surface area contributed by atoms with Gasteiger partial charge in [0, 0.05) is 17.8 Å². The Hall–Kier alpha value is -3.35. The number of benzene rings is 2. The maximum absolute atomic E-state index is 12.6. The van der Waals surface area contributed by atoms with E-state index in [0.29, 0.717) is 29.2 Å². The largest absolute Gasteiger partial charge is 0.479 e. The first-order chi connectivity index (χ1) is 13.5. The second-order valence-corrected chi connectivity index (χ2v) is 6.58. The van der Waals surface area contributed by atoms with E-state index in [0.717, 1.165) is 6.42 Å². The molecule has 2 N–H and O–H groups in total. The summed E-state index contributed by atoms with van der Waals surface area (Å²) in [6, 6.07) is 14.1. The number of nitrogens with zero attached hydrogens (tertiary/aromatic N) is 1. The summed E-state index contributed by atoms with van der Waals surface area (Å²) in [5.74, 6) is -0.242. The molecule has 3 rings (SSSR count). The van der Waals surface area contributed by atoms with Gasteiger partial charge in [0.25, 0.3) is 5.91 Å². The van der Waals surface area contributed by atoms with Crippen molar-refractivity contribution in [1.29, 1.82) is 0 Å². The summed E-state index contributed by atoms with van der Waals surface area (Å²) in [5, 5.41) is 5.58. The van der Waals surface area contributed by atoms with Gasteiger partial charge < -0.3 is 15.4 Å². The number of fused-ring (bicyclic) bond motifs is 1. The van der Waals surface area contributed by atoms with Crippen LogP contribution in [0.25, 0.3) is 0 Å². The normalized spacial score (nSPS) is 15.4. The highest BCUT2D eigenvalue weighted by molar-refractivity contribution is 6.06. The first-order valence-electron chi connectivity index (χ1n) is 9.24. The zero-order chi connectivity index (χ0) is 20.1.